The molecule has 3 heterocycles. The van der Waals surface area contributed by atoms with Gasteiger partial charge in [0, 0.05) is 65.8 Å². The van der Waals surface area contributed by atoms with Crippen molar-refractivity contribution >= 4 is 11.9 Å². The molecule has 0 amide bonds. The third kappa shape index (κ3) is 7.38. The van der Waals surface area contributed by atoms with Crippen LogP contribution in [0.4, 0.5) is 0 Å². The highest BCUT2D eigenvalue weighted by Gasteiger charge is 2.45. The Hall–Kier alpha value is -2.84. The normalized spacial score (nSPS) is 21.4. The maximum absolute atomic E-state index is 13.2. The molecule has 0 aliphatic carbocycles. The van der Waals surface area contributed by atoms with Crippen molar-refractivity contribution < 1.29 is 19.1 Å². The summed E-state index contributed by atoms with van der Waals surface area (Å²) < 4.78 is 11.9. The smallest absolute Gasteiger partial charge is 0.376 e. The molecule has 2 N–H and O–H groups in total. The molecule has 2 saturated heterocycles. The summed E-state index contributed by atoms with van der Waals surface area (Å²) in [7, 11) is 0. The summed E-state index contributed by atoms with van der Waals surface area (Å²) in [6, 6.07) is 7.28. The van der Waals surface area contributed by atoms with Gasteiger partial charge in [0.15, 0.2) is 0 Å². The Balaban J connectivity index is 1.39. The summed E-state index contributed by atoms with van der Waals surface area (Å²) in [6.45, 7) is 17.3. The molecule has 8 heteroatoms. The minimum atomic E-state index is -0.513. The van der Waals surface area contributed by atoms with Crippen LogP contribution in [0.15, 0.2) is 36.7 Å². The van der Waals surface area contributed by atoms with Gasteiger partial charge in [-0.2, -0.15) is 0 Å². The third-order valence-corrected chi connectivity index (χ3v) is 9.46. The van der Waals surface area contributed by atoms with E-state index in [0.29, 0.717) is 5.56 Å². The van der Waals surface area contributed by atoms with Gasteiger partial charge in [-0.25, -0.2) is 19.6 Å². The molecule has 2 aliphatic rings. The van der Waals surface area contributed by atoms with Crippen molar-refractivity contribution in [2.75, 3.05) is 0 Å². The van der Waals surface area contributed by atoms with E-state index >= 15 is 0 Å². The first-order chi connectivity index (χ1) is 19.8. The molecule has 0 radical (unpaired) electrons. The van der Waals surface area contributed by atoms with Crippen molar-refractivity contribution in [2.24, 2.45) is 0 Å². The monoisotopic (exact) mass is 578 g/mol. The Morgan fingerprint density at radius 3 is 1.62 bits per heavy atom. The molecule has 42 heavy (non-hydrogen) atoms. The highest BCUT2D eigenvalue weighted by Crippen LogP contribution is 2.39. The van der Waals surface area contributed by atoms with Gasteiger partial charge in [-0.3, -0.25) is 0 Å². The van der Waals surface area contributed by atoms with Crippen LogP contribution in [0.2, 0.25) is 0 Å². The molecule has 8 nitrogen and oxygen atoms in total. The summed E-state index contributed by atoms with van der Waals surface area (Å²) in [4.78, 5) is 34.6. The summed E-state index contributed by atoms with van der Waals surface area (Å²) in [6.07, 6.45) is 10.0. The molecular weight excluding hydrogens is 528 g/mol. The Kier molecular flexibility index (Phi) is 9.48. The highest BCUT2D eigenvalue weighted by molar-refractivity contribution is 5.90. The predicted molar refractivity (Wildman–Crippen MR) is 165 cm³/mol. The molecule has 2 aromatic rings. The quantitative estimate of drug-likeness (QED) is 0.320. The number of benzene rings is 1. The SMILES string of the molecule is CCC1(CC)CC(OC(=O)c2ccc(-c3cnc(C(=O)OC4CC(C)(C)NC(C)(C)C4)nc3)cc2)CC(CC)(CC)N1. The van der Waals surface area contributed by atoms with Gasteiger partial charge in [-0.15, -0.1) is 0 Å². The van der Waals surface area contributed by atoms with E-state index in [9.17, 15) is 9.59 Å². The van der Waals surface area contributed by atoms with E-state index < -0.39 is 5.97 Å². The zero-order valence-corrected chi connectivity index (χ0v) is 26.8. The molecule has 1 aromatic carbocycles. The number of hydrogen-bond acceptors (Lipinski definition) is 8. The molecule has 1 aromatic heterocycles. The van der Waals surface area contributed by atoms with Crippen LogP contribution < -0.4 is 10.6 Å². The summed E-state index contributed by atoms with van der Waals surface area (Å²) >= 11 is 0. The highest BCUT2D eigenvalue weighted by atomic mass is 16.5. The average Bonchev–Trinajstić information content (AvgIpc) is 2.95. The van der Waals surface area contributed by atoms with Crippen molar-refractivity contribution in [2.45, 2.75) is 141 Å². The lowest BCUT2D eigenvalue weighted by Gasteiger charge is -2.51. The Labute approximate surface area is 251 Å². The van der Waals surface area contributed by atoms with Gasteiger partial charge >= 0.3 is 11.9 Å². The van der Waals surface area contributed by atoms with Gasteiger partial charge in [0.05, 0.1) is 5.56 Å². The second-order valence-electron chi connectivity index (χ2n) is 13.7. The average molecular weight is 579 g/mol. The van der Waals surface area contributed by atoms with Crippen LogP contribution in [0.5, 0.6) is 0 Å². The van der Waals surface area contributed by atoms with Crippen LogP contribution in [0, 0.1) is 0 Å². The fourth-order valence-electron chi connectivity index (χ4n) is 7.24. The number of nitrogens with zero attached hydrogens (tertiary/aromatic N) is 2. The van der Waals surface area contributed by atoms with Crippen molar-refractivity contribution in [3.63, 3.8) is 0 Å². The first-order valence-corrected chi connectivity index (χ1v) is 15.7. The minimum Gasteiger partial charge on any atom is -0.459 e. The van der Waals surface area contributed by atoms with Gasteiger partial charge in [0.25, 0.3) is 0 Å². The standard InChI is InChI=1S/C34H50N4O4/c1-9-33(10-2)19-27(20-34(11-3,12-4)38-33)41-29(39)24-15-13-23(14-16-24)25-21-35-28(36-22-25)30(40)42-26-17-31(5,6)37-32(7,8)18-26/h13-16,21-22,26-27,37-38H,9-12,17-20H2,1-8H3. The lowest BCUT2D eigenvalue weighted by atomic mass is 9.72. The number of piperidine rings is 2. The van der Waals surface area contributed by atoms with E-state index in [4.69, 9.17) is 9.47 Å². The zero-order chi connectivity index (χ0) is 30.8. The van der Waals surface area contributed by atoms with Crippen LogP contribution in [-0.4, -0.2) is 56.3 Å². The van der Waals surface area contributed by atoms with Crippen LogP contribution in [-0.2, 0) is 9.47 Å². The lowest BCUT2D eigenvalue weighted by molar-refractivity contribution is -0.0236. The summed E-state index contributed by atoms with van der Waals surface area (Å²) in [5.41, 5.74) is 1.83. The second-order valence-corrected chi connectivity index (χ2v) is 13.7. The van der Waals surface area contributed by atoms with Crippen LogP contribution >= 0.6 is 0 Å². The third-order valence-electron chi connectivity index (χ3n) is 9.46. The predicted octanol–water partition coefficient (Wildman–Crippen LogP) is 6.64. The van der Waals surface area contributed by atoms with Crippen molar-refractivity contribution in [3.05, 3.63) is 48.0 Å². The second kappa shape index (κ2) is 12.4. The van der Waals surface area contributed by atoms with Crippen LogP contribution in [0.1, 0.15) is 128 Å². The van der Waals surface area contributed by atoms with E-state index in [0.717, 1.165) is 62.5 Å². The van der Waals surface area contributed by atoms with Crippen molar-refractivity contribution in [1.82, 2.24) is 20.6 Å². The largest absolute Gasteiger partial charge is 0.459 e. The van der Waals surface area contributed by atoms with E-state index in [-0.39, 0.29) is 46.2 Å². The fourth-order valence-corrected chi connectivity index (χ4v) is 7.24. The Morgan fingerprint density at radius 2 is 1.14 bits per heavy atom. The van der Waals surface area contributed by atoms with E-state index in [1.54, 1.807) is 24.5 Å². The van der Waals surface area contributed by atoms with E-state index in [2.05, 4.69) is 76.0 Å². The molecule has 2 fully saturated rings. The van der Waals surface area contributed by atoms with Gasteiger partial charge in [-0.05, 0) is 71.1 Å². The van der Waals surface area contributed by atoms with Crippen molar-refractivity contribution in [1.29, 1.82) is 0 Å². The molecule has 0 atom stereocenters. The van der Waals surface area contributed by atoms with Crippen LogP contribution in [0.3, 0.4) is 0 Å². The summed E-state index contributed by atoms with van der Waals surface area (Å²) in [5.74, 6) is -0.767. The molecular formula is C34H50N4O4. The number of ether oxygens (including phenoxy) is 2. The molecule has 230 valence electrons. The van der Waals surface area contributed by atoms with Crippen molar-refractivity contribution in [3.8, 4) is 11.1 Å². The molecule has 0 bridgehead atoms. The Bertz CT molecular complexity index is 1200. The number of esters is 2. The lowest BCUT2D eigenvalue weighted by Crippen LogP contribution is -2.64. The maximum Gasteiger partial charge on any atom is 0.376 e. The van der Waals surface area contributed by atoms with Gasteiger partial charge in [0.1, 0.15) is 12.2 Å². The minimum absolute atomic E-state index is 0.0154. The molecule has 0 spiro atoms. The number of rotatable bonds is 9. The zero-order valence-electron chi connectivity index (χ0n) is 26.8. The van der Waals surface area contributed by atoms with Crippen LogP contribution in [0.25, 0.3) is 11.1 Å². The number of carbonyl (C=O) groups excluding carboxylic acids is 2. The summed E-state index contributed by atoms with van der Waals surface area (Å²) in [5, 5.41) is 7.54. The fraction of sp³-hybridized carbons (Fsp3) is 0.647. The van der Waals surface area contributed by atoms with E-state index in [1.165, 1.54) is 0 Å². The van der Waals surface area contributed by atoms with Gasteiger partial charge < -0.3 is 20.1 Å². The van der Waals surface area contributed by atoms with Gasteiger partial charge in [0.2, 0.25) is 5.82 Å². The van der Waals surface area contributed by atoms with Gasteiger partial charge in [-0.1, -0.05) is 39.8 Å². The number of aromatic nitrogens is 2. The van der Waals surface area contributed by atoms with E-state index in [1.807, 2.05) is 12.1 Å². The molecule has 0 unspecified atom stereocenters. The molecule has 2 aliphatic heterocycles. The first-order valence-electron chi connectivity index (χ1n) is 15.7. The number of nitrogens with one attached hydrogen (secondary N) is 2. The first kappa shape index (κ1) is 32.1. The maximum atomic E-state index is 13.2. The number of carbonyl (C=O) groups is 2. The Morgan fingerprint density at radius 1 is 0.690 bits per heavy atom. The molecule has 4 rings (SSSR count). The molecule has 0 saturated carbocycles. The topological polar surface area (TPSA) is 102 Å². The number of hydrogen-bond donors (Lipinski definition) is 2.